The normalized spacial score (nSPS) is 14.1. The summed E-state index contributed by atoms with van der Waals surface area (Å²) in [6.07, 6.45) is 0.419. The van der Waals surface area contributed by atoms with Crippen LogP contribution in [-0.4, -0.2) is 60.6 Å². The molecule has 2 aromatic rings. The Morgan fingerprint density at radius 2 is 1.89 bits per heavy atom. The van der Waals surface area contributed by atoms with Gasteiger partial charge in [0, 0.05) is 38.8 Å². The Morgan fingerprint density at radius 1 is 1.14 bits per heavy atom. The van der Waals surface area contributed by atoms with Crippen LogP contribution >= 0.6 is 0 Å². The fourth-order valence-electron chi connectivity index (χ4n) is 3.51. The lowest BCUT2D eigenvalue weighted by atomic mass is 10.1. The van der Waals surface area contributed by atoms with Crippen molar-refractivity contribution >= 4 is 17.5 Å². The van der Waals surface area contributed by atoms with Gasteiger partial charge in [-0.25, -0.2) is 9.97 Å². The van der Waals surface area contributed by atoms with Gasteiger partial charge in [0.2, 0.25) is 5.91 Å². The summed E-state index contributed by atoms with van der Waals surface area (Å²) in [6.45, 7) is 9.72. The quantitative estimate of drug-likeness (QED) is 0.826. The number of ether oxygens (including phenoxy) is 1. The van der Waals surface area contributed by atoms with Crippen molar-refractivity contribution in [2.75, 3.05) is 50.1 Å². The van der Waals surface area contributed by atoms with Crippen molar-refractivity contribution in [2.24, 2.45) is 0 Å². The Hall–Kier alpha value is -2.83. The highest BCUT2D eigenvalue weighted by Gasteiger charge is 2.22. The van der Waals surface area contributed by atoms with Crippen molar-refractivity contribution in [2.45, 2.75) is 27.2 Å². The number of aromatic nitrogens is 2. The molecular weight excluding hydrogens is 354 g/mol. The lowest BCUT2D eigenvalue weighted by Crippen LogP contribution is -2.49. The summed E-state index contributed by atoms with van der Waals surface area (Å²) in [7, 11) is 1.66. The molecule has 0 radical (unpaired) electrons. The van der Waals surface area contributed by atoms with E-state index in [1.54, 1.807) is 7.11 Å². The Bertz CT molecular complexity index is 832. The maximum absolute atomic E-state index is 12.7. The van der Waals surface area contributed by atoms with E-state index in [0.29, 0.717) is 19.5 Å². The van der Waals surface area contributed by atoms with E-state index in [9.17, 15) is 4.79 Å². The zero-order valence-electron chi connectivity index (χ0n) is 17.2. The van der Waals surface area contributed by atoms with Gasteiger partial charge in [-0.2, -0.15) is 0 Å². The van der Waals surface area contributed by atoms with Crippen LogP contribution in [0, 0.1) is 13.8 Å². The van der Waals surface area contributed by atoms with Crippen LogP contribution in [0.25, 0.3) is 0 Å². The molecule has 28 heavy (non-hydrogen) atoms. The average molecular weight is 383 g/mol. The first-order chi connectivity index (χ1) is 13.5. The first-order valence-corrected chi connectivity index (χ1v) is 9.76. The monoisotopic (exact) mass is 383 g/mol. The van der Waals surface area contributed by atoms with E-state index < -0.39 is 0 Å². The minimum absolute atomic E-state index is 0.163. The van der Waals surface area contributed by atoms with Gasteiger partial charge in [-0.3, -0.25) is 4.79 Å². The molecule has 1 aliphatic heterocycles. The van der Waals surface area contributed by atoms with Gasteiger partial charge in [-0.15, -0.1) is 0 Å². The standard InChI is InChI=1S/C21H29N5O2/c1-5-22-19-14-20(24-16(3)23-19)25-8-10-26(11-9-25)21(27)13-17-6-7-18(28-4)15(2)12-17/h6-7,12,14H,5,8-11,13H2,1-4H3,(H,22,23,24). The summed E-state index contributed by atoms with van der Waals surface area (Å²) in [6, 6.07) is 7.90. The third-order valence-electron chi connectivity index (χ3n) is 4.95. The second-order valence-electron chi connectivity index (χ2n) is 7.04. The summed E-state index contributed by atoms with van der Waals surface area (Å²) < 4.78 is 5.29. The molecule has 0 spiro atoms. The SMILES string of the molecule is CCNc1cc(N2CCN(C(=O)Cc3ccc(OC)c(C)c3)CC2)nc(C)n1. The van der Waals surface area contributed by atoms with E-state index in [1.807, 2.05) is 49.9 Å². The molecule has 7 nitrogen and oxygen atoms in total. The van der Waals surface area contributed by atoms with Gasteiger partial charge in [0.25, 0.3) is 0 Å². The van der Waals surface area contributed by atoms with E-state index in [0.717, 1.165) is 54.0 Å². The van der Waals surface area contributed by atoms with E-state index in [4.69, 9.17) is 4.74 Å². The minimum atomic E-state index is 0.163. The van der Waals surface area contributed by atoms with E-state index in [1.165, 1.54) is 0 Å². The number of piperazine rings is 1. The number of nitrogens with one attached hydrogen (secondary N) is 1. The topological polar surface area (TPSA) is 70.6 Å². The molecule has 150 valence electrons. The number of rotatable bonds is 6. The number of aryl methyl sites for hydroxylation is 2. The fourth-order valence-corrected chi connectivity index (χ4v) is 3.51. The zero-order chi connectivity index (χ0) is 20.1. The molecule has 1 fully saturated rings. The lowest BCUT2D eigenvalue weighted by molar-refractivity contribution is -0.130. The van der Waals surface area contributed by atoms with Crippen LogP contribution in [-0.2, 0) is 11.2 Å². The predicted octanol–water partition coefficient (Wildman–Crippen LogP) is 2.43. The van der Waals surface area contributed by atoms with Gasteiger partial charge < -0.3 is 19.9 Å². The van der Waals surface area contributed by atoms with E-state index >= 15 is 0 Å². The van der Waals surface area contributed by atoms with Gasteiger partial charge in [0.1, 0.15) is 23.2 Å². The first kappa shape index (κ1) is 19.9. The summed E-state index contributed by atoms with van der Waals surface area (Å²) in [5.41, 5.74) is 2.07. The molecular formula is C21H29N5O2. The predicted molar refractivity (Wildman–Crippen MR) is 111 cm³/mol. The molecule has 0 atom stereocenters. The van der Waals surface area contributed by atoms with Gasteiger partial charge in [0.15, 0.2) is 0 Å². The number of nitrogens with zero attached hydrogens (tertiary/aromatic N) is 4. The summed E-state index contributed by atoms with van der Waals surface area (Å²) in [4.78, 5) is 25.8. The number of methoxy groups -OCH3 is 1. The van der Waals surface area contributed by atoms with Crippen LogP contribution in [0.1, 0.15) is 23.9 Å². The molecule has 0 unspecified atom stereocenters. The molecule has 0 saturated carbocycles. The van der Waals surface area contributed by atoms with Crippen molar-refractivity contribution in [3.05, 3.63) is 41.2 Å². The van der Waals surface area contributed by atoms with Gasteiger partial charge in [0.05, 0.1) is 13.5 Å². The third kappa shape index (κ3) is 4.71. The number of carbonyl (C=O) groups is 1. The molecule has 1 saturated heterocycles. The first-order valence-electron chi connectivity index (χ1n) is 9.76. The molecule has 3 rings (SSSR count). The average Bonchev–Trinajstić information content (AvgIpc) is 2.68. The van der Waals surface area contributed by atoms with Crippen molar-refractivity contribution < 1.29 is 9.53 Å². The molecule has 1 aliphatic rings. The number of benzene rings is 1. The lowest BCUT2D eigenvalue weighted by Gasteiger charge is -2.35. The molecule has 1 aromatic heterocycles. The molecule has 1 amide bonds. The van der Waals surface area contributed by atoms with Crippen molar-refractivity contribution in [3.8, 4) is 5.75 Å². The molecule has 0 bridgehead atoms. The van der Waals surface area contributed by atoms with E-state index in [2.05, 4.69) is 20.2 Å². The zero-order valence-corrected chi connectivity index (χ0v) is 17.2. The highest BCUT2D eigenvalue weighted by atomic mass is 16.5. The number of carbonyl (C=O) groups excluding carboxylic acids is 1. The van der Waals surface area contributed by atoms with Crippen LogP contribution in [0.3, 0.4) is 0 Å². The van der Waals surface area contributed by atoms with Crippen molar-refractivity contribution in [1.82, 2.24) is 14.9 Å². The smallest absolute Gasteiger partial charge is 0.227 e. The molecule has 0 aliphatic carbocycles. The van der Waals surface area contributed by atoms with Gasteiger partial charge in [-0.05, 0) is 38.0 Å². The second kappa shape index (κ2) is 8.91. The number of hydrogen-bond acceptors (Lipinski definition) is 6. The van der Waals surface area contributed by atoms with Crippen molar-refractivity contribution in [1.29, 1.82) is 0 Å². The van der Waals surface area contributed by atoms with Crippen LogP contribution in [0.5, 0.6) is 5.75 Å². The summed E-state index contributed by atoms with van der Waals surface area (Å²) in [5.74, 6) is 3.53. The summed E-state index contributed by atoms with van der Waals surface area (Å²) >= 11 is 0. The minimum Gasteiger partial charge on any atom is -0.496 e. The van der Waals surface area contributed by atoms with Crippen LogP contribution in [0.4, 0.5) is 11.6 Å². The number of anilines is 2. The highest BCUT2D eigenvalue weighted by Crippen LogP contribution is 2.20. The van der Waals surface area contributed by atoms with Gasteiger partial charge in [-0.1, -0.05) is 12.1 Å². The largest absolute Gasteiger partial charge is 0.496 e. The number of amides is 1. The van der Waals surface area contributed by atoms with E-state index in [-0.39, 0.29) is 5.91 Å². The third-order valence-corrected chi connectivity index (χ3v) is 4.95. The maximum Gasteiger partial charge on any atom is 0.227 e. The maximum atomic E-state index is 12.7. The molecule has 7 heteroatoms. The second-order valence-corrected chi connectivity index (χ2v) is 7.04. The molecule has 1 N–H and O–H groups in total. The fraction of sp³-hybridized carbons (Fsp3) is 0.476. The summed E-state index contributed by atoms with van der Waals surface area (Å²) in [5, 5.41) is 3.24. The van der Waals surface area contributed by atoms with Crippen LogP contribution in [0.2, 0.25) is 0 Å². The van der Waals surface area contributed by atoms with Crippen LogP contribution in [0.15, 0.2) is 24.3 Å². The van der Waals surface area contributed by atoms with Crippen LogP contribution < -0.4 is 15.0 Å². The van der Waals surface area contributed by atoms with Gasteiger partial charge >= 0.3 is 0 Å². The molecule has 2 heterocycles. The Labute approximate surface area is 166 Å². The number of hydrogen-bond donors (Lipinski definition) is 1. The highest BCUT2D eigenvalue weighted by molar-refractivity contribution is 5.79. The Morgan fingerprint density at radius 3 is 2.54 bits per heavy atom. The molecule has 1 aromatic carbocycles. The Kier molecular flexibility index (Phi) is 6.34. The Balaban J connectivity index is 1.59. The van der Waals surface area contributed by atoms with Crippen molar-refractivity contribution in [3.63, 3.8) is 0 Å².